The zero-order chi connectivity index (χ0) is 26.1. The van der Waals surface area contributed by atoms with E-state index in [0.717, 1.165) is 16.5 Å². The Balaban J connectivity index is 1.24. The molecule has 6 rings (SSSR count). The Morgan fingerprint density at radius 2 is 1.95 bits per heavy atom. The zero-order valence-corrected chi connectivity index (χ0v) is 21.4. The number of pyridine rings is 1. The lowest BCUT2D eigenvalue weighted by Gasteiger charge is -2.10. The van der Waals surface area contributed by atoms with E-state index in [2.05, 4.69) is 15.1 Å². The molecule has 0 spiro atoms. The monoisotopic (exact) mass is 526 g/mol. The summed E-state index contributed by atoms with van der Waals surface area (Å²) in [4.78, 5) is 21.9. The van der Waals surface area contributed by atoms with Crippen molar-refractivity contribution in [3.8, 4) is 28.1 Å². The van der Waals surface area contributed by atoms with E-state index in [1.165, 1.54) is 11.3 Å². The van der Waals surface area contributed by atoms with Crippen LogP contribution >= 0.6 is 11.3 Å². The zero-order valence-electron chi connectivity index (χ0n) is 20.6. The molecule has 6 aromatic rings. The average molecular weight is 527 g/mol. The molecule has 0 aliphatic heterocycles. The fraction of sp³-hybridized carbons (Fsp3) is 0.143. The molecular formula is C28H22N4O5S. The van der Waals surface area contributed by atoms with Crippen molar-refractivity contribution in [3.63, 3.8) is 0 Å². The molecule has 0 radical (unpaired) electrons. The molecule has 4 aromatic heterocycles. The van der Waals surface area contributed by atoms with Gasteiger partial charge in [-0.1, -0.05) is 24.3 Å². The topological polar surface area (TPSA) is 101 Å². The van der Waals surface area contributed by atoms with Gasteiger partial charge in [-0.15, -0.1) is 5.10 Å². The van der Waals surface area contributed by atoms with Crippen LogP contribution in [0.25, 0.3) is 27.4 Å². The SMILES string of the molecule is COc1cc(OCc2cccc(CC(=O)c3cccnc3)c2)c2cc(-c3cn4nc(OC)sc4n3)oc2c1. The van der Waals surface area contributed by atoms with Crippen LogP contribution in [-0.2, 0) is 13.0 Å². The lowest BCUT2D eigenvalue weighted by atomic mass is 10.0. The third-order valence-corrected chi connectivity index (χ3v) is 6.88. The molecule has 0 bridgehead atoms. The maximum Gasteiger partial charge on any atom is 0.294 e. The number of carbonyl (C=O) groups is 1. The second-order valence-corrected chi connectivity index (χ2v) is 9.44. The molecule has 0 unspecified atom stereocenters. The summed E-state index contributed by atoms with van der Waals surface area (Å²) in [6.45, 7) is 0.307. The molecule has 0 saturated carbocycles. The Kier molecular flexibility index (Phi) is 6.22. The van der Waals surface area contributed by atoms with Gasteiger partial charge in [-0.25, -0.2) is 9.50 Å². The van der Waals surface area contributed by atoms with Gasteiger partial charge in [-0.2, -0.15) is 0 Å². The molecule has 0 atom stereocenters. The van der Waals surface area contributed by atoms with E-state index in [0.29, 0.717) is 50.9 Å². The van der Waals surface area contributed by atoms with Gasteiger partial charge in [0.2, 0.25) is 4.96 Å². The van der Waals surface area contributed by atoms with Crippen LogP contribution in [0.3, 0.4) is 0 Å². The summed E-state index contributed by atoms with van der Waals surface area (Å²) >= 11 is 1.35. The summed E-state index contributed by atoms with van der Waals surface area (Å²) in [5.74, 6) is 1.84. The van der Waals surface area contributed by atoms with Crippen LogP contribution in [0.15, 0.2) is 77.6 Å². The highest BCUT2D eigenvalue weighted by Crippen LogP contribution is 2.37. The standard InChI is InChI=1S/C28H22N4O5S/c1-34-20-11-24(36-16-18-6-3-5-17(9-18)10-23(33)19-7-4-8-29-14-19)21-13-26(37-25(21)12-20)22-15-32-27(30-22)38-28(31-32)35-2/h3-9,11-15H,10,16H2,1-2H3. The number of hydrogen-bond donors (Lipinski definition) is 0. The minimum atomic E-state index is 0.0180. The first-order chi connectivity index (χ1) is 18.6. The number of ether oxygens (including phenoxy) is 3. The minimum Gasteiger partial charge on any atom is -0.496 e. The molecule has 0 N–H and O–H groups in total. The molecule has 0 saturated heterocycles. The van der Waals surface area contributed by atoms with E-state index < -0.39 is 0 Å². The van der Waals surface area contributed by atoms with Gasteiger partial charge in [0.1, 0.15) is 29.4 Å². The largest absolute Gasteiger partial charge is 0.496 e. The molecular weight excluding hydrogens is 504 g/mol. The first-order valence-electron chi connectivity index (χ1n) is 11.8. The highest BCUT2D eigenvalue weighted by molar-refractivity contribution is 7.18. The Hall–Kier alpha value is -4.70. The van der Waals surface area contributed by atoms with Gasteiger partial charge >= 0.3 is 0 Å². The smallest absolute Gasteiger partial charge is 0.294 e. The molecule has 190 valence electrons. The lowest BCUT2D eigenvalue weighted by Crippen LogP contribution is -2.04. The van der Waals surface area contributed by atoms with E-state index in [1.807, 2.05) is 42.5 Å². The van der Waals surface area contributed by atoms with E-state index in [1.54, 1.807) is 49.5 Å². The van der Waals surface area contributed by atoms with Crippen molar-refractivity contribution in [2.75, 3.05) is 14.2 Å². The second kappa shape index (κ2) is 9.98. The molecule has 4 heterocycles. The normalized spacial score (nSPS) is 11.2. The Morgan fingerprint density at radius 1 is 1.05 bits per heavy atom. The number of furan rings is 1. The second-order valence-electron chi connectivity index (χ2n) is 8.52. The molecule has 9 nitrogen and oxygen atoms in total. The third-order valence-electron chi connectivity index (χ3n) is 5.99. The number of rotatable bonds is 9. The van der Waals surface area contributed by atoms with Crippen molar-refractivity contribution < 1.29 is 23.4 Å². The van der Waals surface area contributed by atoms with Crippen LogP contribution < -0.4 is 14.2 Å². The highest BCUT2D eigenvalue weighted by Gasteiger charge is 2.17. The van der Waals surface area contributed by atoms with Crippen molar-refractivity contribution in [2.24, 2.45) is 0 Å². The van der Waals surface area contributed by atoms with Gasteiger partial charge in [0.05, 0.1) is 25.8 Å². The summed E-state index contributed by atoms with van der Waals surface area (Å²) < 4.78 is 24.7. The van der Waals surface area contributed by atoms with Crippen LogP contribution in [-0.4, -0.2) is 39.6 Å². The van der Waals surface area contributed by atoms with Gasteiger partial charge < -0.3 is 18.6 Å². The van der Waals surface area contributed by atoms with Crippen molar-refractivity contribution in [1.82, 2.24) is 19.6 Å². The predicted octanol–water partition coefficient (Wildman–Crippen LogP) is 5.62. The fourth-order valence-electron chi connectivity index (χ4n) is 4.13. The first kappa shape index (κ1) is 23.7. The van der Waals surface area contributed by atoms with Crippen LogP contribution in [0.5, 0.6) is 16.7 Å². The maximum atomic E-state index is 12.6. The Morgan fingerprint density at radius 3 is 2.74 bits per heavy atom. The fourth-order valence-corrected chi connectivity index (χ4v) is 4.83. The summed E-state index contributed by atoms with van der Waals surface area (Å²) in [6, 6.07) is 16.9. The summed E-state index contributed by atoms with van der Waals surface area (Å²) in [6.07, 6.45) is 5.32. The van der Waals surface area contributed by atoms with E-state index in [4.69, 9.17) is 18.6 Å². The highest BCUT2D eigenvalue weighted by atomic mass is 32.1. The van der Waals surface area contributed by atoms with Gasteiger partial charge in [0.15, 0.2) is 11.5 Å². The Labute approximate surface area is 221 Å². The lowest BCUT2D eigenvalue weighted by molar-refractivity contribution is 0.0992. The van der Waals surface area contributed by atoms with Gasteiger partial charge in [-0.05, 0) is 40.7 Å². The molecule has 0 aliphatic rings. The number of methoxy groups -OCH3 is 2. The first-order valence-corrected chi connectivity index (χ1v) is 12.6. The number of fused-ring (bicyclic) bond motifs is 2. The summed E-state index contributed by atoms with van der Waals surface area (Å²) in [7, 11) is 3.17. The summed E-state index contributed by atoms with van der Waals surface area (Å²) in [5, 5.41) is 5.65. The van der Waals surface area contributed by atoms with Crippen molar-refractivity contribution in [3.05, 3.63) is 89.9 Å². The van der Waals surface area contributed by atoms with Crippen LogP contribution in [0, 0.1) is 0 Å². The van der Waals surface area contributed by atoms with E-state index in [9.17, 15) is 4.79 Å². The number of benzene rings is 2. The van der Waals surface area contributed by atoms with Crippen LogP contribution in [0.1, 0.15) is 21.5 Å². The number of ketones is 1. The van der Waals surface area contributed by atoms with Gasteiger partial charge in [0.25, 0.3) is 5.19 Å². The number of aromatic nitrogens is 4. The predicted molar refractivity (Wildman–Crippen MR) is 142 cm³/mol. The average Bonchev–Trinajstić information content (AvgIpc) is 3.65. The van der Waals surface area contributed by atoms with Crippen molar-refractivity contribution in [1.29, 1.82) is 0 Å². The minimum absolute atomic E-state index is 0.0180. The molecule has 0 aliphatic carbocycles. The van der Waals surface area contributed by atoms with E-state index >= 15 is 0 Å². The molecule has 2 aromatic carbocycles. The third kappa shape index (κ3) is 4.69. The summed E-state index contributed by atoms with van der Waals surface area (Å²) in [5.41, 5.74) is 3.71. The van der Waals surface area contributed by atoms with Gasteiger partial charge in [0, 0.05) is 36.5 Å². The Bertz CT molecular complexity index is 1720. The molecule has 10 heteroatoms. The molecule has 38 heavy (non-hydrogen) atoms. The van der Waals surface area contributed by atoms with Crippen LogP contribution in [0.4, 0.5) is 0 Å². The van der Waals surface area contributed by atoms with Crippen LogP contribution in [0.2, 0.25) is 0 Å². The maximum absolute atomic E-state index is 12.6. The molecule has 0 fully saturated rings. The number of carbonyl (C=O) groups excluding carboxylic acids is 1. The number of imidazole rings is 1. The van der Waals surface area contributed by atoms with Crippen molar-refractivity contribution in [2.45, 2.75) is 13.0 Å². The number of nitrogens with zero attached hydrogens (tertiary/aromatic N) is 4. The number of hydrogen-bond acceptors (Lipinski definition) is 9. The van der Waals surface area contributed by atoms with Crippen molar-refractivity contribution >= 4 is 33.1 Å². The van der Waals surface area contributed by atoms with Gasteiger partial charge in [-0.3, -0.25) is 9.78 Å². The van der Waals surface area contributed by atoms with E-state index in [-0.39, 0.29) is 12.2 Å². The molecule has 0 amide bonds. The number of Topliss-reactive ketones (excluding diaryl/α,β-unsaturated/α-hetero) is 1. The quantitative estimate of drug-likeness (QED) is 0.224.